The van der Waals surface area contributed by atoms with Crippen molar-refractivity contribution in [2.75, 3.05) is 0 Å². The topological polar surface area (TPSA) is 58.6 Å². The Bertz CT molecular complexity index is 502. The smallest absolute Gasteiger partial charge is 0.133 e. The Labute approximate surface area is 85.5 Å². The van der Waals surface area contributed by atoms with Crippen molar-refractivity contribution in [2.45, 2.75) is 6.92 Å². The molecule has 0 bridgehead atoms. The summed E-state index contributed by atoms with van der Waals surface area (Å²) < 4.78 is 1.07. The highest BCUT2D eigenvalue weighted by Gasteiger charge is 2.08. The summed E-state index contributed by atoms with van der Waals surface area (Å²) in [6.07, 6.45) is 0. The number of hydrazone groups is 1. The quantitative estimate of drug-likeness (QED) is 0.427. The molecule has 0 spiro atoms. The molecule has 0 atom stereocenters. The molecule has 14 heavy (non-hydrogen) atoms. The minimum absolute atomic E-state index is 0.260. The van der Waals surface area contributed by atoms with E-state index >= 15 is 0 Å². The van der Waals surface area contributed by atoms with Crippen LogP contribution >= 0.6 is 11.3 Å². The number of benzene rings is 1. The van der Waals surface area contributed by atoms with Crippen molar-refractivity contribution in [3.63, 3.8) is 0 Å². The maximum Gasteiger partial charge on any atom is 0.133 e. The van der Waals surface area contributed by atoms with E-state index in [9.17, 15) is 5.11 Å². The van der Waals surface area contributed by atoms with E-state index in [0.29, 0.717) is 11.3 Å². The first-order chi connectivity index (χ1) is 6.74. The van der Waals surface area contributed by atoms with Crippen LogP contribution in [0.15, 0.2) is 28.7 Å². The van der Waals surface area contributed by atoms with Gasteiger partial charge in [0.25, 0.3) is 0 Å². The van der Waals surface area contributed by atoms with Gasteiger partial charge in [-0.3, -0.25) is 0 Å². The number of fused-ring (bicyclic) bond motifs is 1. The van der Waals surface area contributed by atoms with Crippen LogP contribution in [0.5, 0.6) is 5.75 Å². The Balaban J connectivity index is 2.74. The van der Waals surface area contributed by atoms with Crippen LogP contribution in [0.3, 0.4) is 0 Å². The molecule has 0 amide bonds. The fraction of sp³-hybridized carbons (Fsp3) is 0.100. The monoisotopic (exact) mass is 206 g/mol. The summed E-state index contributed by atoms with van der Waals surface area (Å²) in [6.45, 7) is 1.77. The molecular weight excluding hydrogens is 196 g/mol. The van der Waals surface area contributed by atoms with Crippen molar-refractivity contribution in [1.82, 2.24) is 0 Å². The molecule has 0 aliphatic rings. The Morgan fingerprint density at radius 2 is 2.21 bits per heavy atom. The number of nitrogens with zero attached hydrogens (tertiary/aromatic N) is 1. The Morgan fingerprint density at radius 3 is 2.93 bits per heavy atom. The Kier molecular flexibility index (Phi) is 2.13. The van der Waals surface area contributed by atoms with Gasteiger partial charge in [-0.2, -0.15) is 5.10 Å². The lowest BCUT2D eigenvalue weighted by Gasteiger charge is -2.03. The zero-order chi connectivity index (χ0) is 10.1. The highest BCUT2D eigenvalue weighted by atomic mass is 32.1. The predicted octanol–water partition coefficient (Wildman–Crippen LogP) is 2.29. The van der Waals surface area contributed by atoms with Gasteiger partial charge in [0.15, 0.2) is 0 Å². The van der Waals surface area contributed by atoms with Crippen LogP contribution in [0.2, 0.25) is 0 Å². The van der Waals surface area contributed by atoms with Crippen molar-refractivity contribution in [2.24, 2.45) is 10.9 Å². The molecule has 0 fully saturated rings. The lowest BCUT2D eigenvalue weighted by Crippen LogP contribution is -1.98. The second-order valence-corrected chi connectivity index (χ2v) is 3.96. The predicted molar refractivity (Wildman–Crippen MR) is 59.9 cm³/mol. The van der Waals surface area contributed by atoms with Crippen molar-refractivity contribution in [3.8, 4) is 5.75 Å². The summed E-state index contributed by atoms with van der Waals surface area (Å²) in [4.78, 5) is 0. The standard InChI is InChI=1S/C10H10N2OS/c1-6(12-11)7-2-3-9-8(10(7)13)4-5-14-9/h2-5,13H,11H2,1H3/b12-6+. The minimum atomic E-state index is 0.260. The number of aromatic hydroxyl groups is 1. The SMILES string of the molecule is C/C(=N\N)c1ccc2sccc2c1O. The summed E-state index contributed by atoms with van der Waals surface area (Å²) >= 11 is 1.60. The van der Waals surface area contributed by atoms with Gasteiger partial charge >= 0.3 is 0 Å². The Morgan fingerprint density at radius 1 is 1.43 bits per heavy atom. The fourth-order valence-corrected chi connectivity index (χ4v) is 2.18. The molecule has 0 saturated heterocycles. The van der Waals surface area contributed by atoms with Crippen LogP contribution in [-0.2, 0) is 0 Å². The molecule has 1 heterocycles. The maximum atomic E-state index is 9.91. The second-order valence-electron chi connectivity index (χ2n) is 3.01. The molecule has 0 unspecified atom stereocenters. The number of phenols is 1. The Hall–Kier alpha value is -1.55. The molecule has 4 heteroatoms. The molecule has 2 aromatic rings. The third-order valence-electron chi connectivity index (χ3n) is 2.19. The number of hydrogen-bond acceptors (Lipinski definition) is 4. The van der Waals surface area contributed by atoms with Gasteiger partial charge < -0.3 is 10.9 Å². The van der Waals surface area contributed by atoms with Gasteiger partial charge in [0.2, 0.25) is 0 Å². The molecule has 0 saturated carbocycles. The number of thiophene rings is 1. The number of nitrogens with two attached hydrogens (primary N) is 1. The zero-order valence-corrected chi connectivity index (χ0v) is 8.51. The van der Waals surface area contributed by atoms with E-state index in [4.69, 9.17) is 5.84 Å². The highest BCUT2D eigenvalue weighted by molar-refractivity contribution is 7.17. The summed E-state index contributed by atoms with van der Waals surface area (Å²) in [6, 6.07) is 5.69. The van der Waals surface area contributed by atoms with Crippen molar-refractivity contribution < 1.29 is 5.11 Å². The first-order valence-corrected chi connectivity index (χ1v) is 5.06. The van der Waals surface area contributed by atoms with Crippen LogP contribution in [0.25, 0.3) is 10.1 Å². The first-order valence-electron chi connectivity index (χ1n) is 4.18. The van der Waals surface area contributed by atoms with Gasteiger partial charge in [-0.25, -0.2) is 0 Å². The average Bonchev–Trinajstić information content (AvgIpc) is 2.66. The van der Waals surface area contributed by atoms with Gasteiger partial charge in [0.1, 0.15) is 5.75 Å². The summed E-state index contributed by atoms with van der Waals surface area (Å²) in [5.74, 6) is 5.43. The maximum absolute atomic E-state index is 9.91. The molecule has 3 nitrogen and oxygen atoms in total. The molecular formula is C10H10N2OS. The second kappa shape index (κ2) is 3.31. The van der Waals surface area contributed by atoms with E-state index in [1.165, 1.54) is 0 Å². The summed E-state index contributed by atoms with van der Waals surface area (Å²) in [5, 5.41) is 16.3. The number of phenolic OH excluding ortho intramolecular Hbond substituents is 1. The van der Waals surface area contributed by atoms with E-state index in [2.05, 4.69) is 5.10 Å². The largest absolute Gasteiger partial charge is 0.507 e. The summed E-state index contributed by atoms with van der Waals surface area (Å²) in [5.41, 5.74) is 1.33. The van der Waals surface area contributed by atoms with Crippen LogP contribution < -0.4 is 5.84 Å². The average molecular weight is 206 g/mol. The molecule has 2 rings (SSSR count). The third kappa shape index (κ3) is 1.24. The summed E-state index contributed by atoms with van der Waals surface area (Å²) in [7, 11) is 0. The molecule has 3 N–H and O–H groups in total. The van der Waals surface area contributed by atoms with Crippen LogP contribution in [0.1, 0.15) is 12.5 Å². The lowest BCUT2D eigenvalue weighted by molar-refractivity contribution is 0.480. The van der Waals surface area contributed by atoms with Gasteiger partial charge in [-0.1, -0.05) is 0 Å². The van der Waals surface area contributed by atoms with E-state index in [1.807, 2.05) is 23.6 Å². The van der Waals surface area contributed by atoms with Gasteiger partial charge in [0.05, 0.1) is 5.71 Å². The zero-order valence-electron chi connectivity index (χ0n) is 7.69. The number of rotatable bonds is 1. The van der Waals surface area contributed by atoms with Crippen molar-refractivity contribution in [3.05, 3.63) is 29.1 Å². The van der Waals surface area contributed by atoms with E-state index < -0.39 is 0 Å². The molecule has 0 aliphatic heterocycles. The molecule has 1 aromatic carbocycles. The van der Waals surface area contributed by atoms with Crippen LogP contribution in [0, 0.1) is 0 Å². The molecule has 0 radical (unpaired) electrons. The van der Waals surface area contributed by atoms with Crippen molar-refractivity contribution >= 4 is 27.1 Å². The molecule has 72 valence electrons. The number of hydrogen-bond donors (Lipinski definition) is 2. The third-order valence-corrected chi connectivity index (χ3v) is 3.07. The molecule has 0 aliphatic carbocycles. The highest BCUT2D eigenvalue weighted by Crippen LogP contribution is 2.32. The fourth-order valence-electron chi connectivity index (χ4n) is 1.39. The first kappa shape index (κ1) is 9.02. The van der Waals surface area contributed by atoms with E-state index in [-0.39, 0.29) is 5.75 Å². The van der Waals surface area contributed by atoms with Crippen molar-refractivity contribution in [1.29, 1.82) is 0 Å². The normalized spacial score (nSPS) is 12.2. The van der Waals surface area contributed by atoms with Gasteiger partial charge in [-0.15, -0.1) is 11.3 Å². The lowest BCUT2D eigenvalue weighted by atomic mass is 10.1. The van der Waals surface area contributed by atoms with Gasteiger partial charge in [0, 0.05) is 15.6 Å². The van der Waals surface area contributed by atoms with E-state index in [0.717, 1.165) is 10.1 Å². The van der Waals surface area contributed by atoms with Crippen LogP contribution in [0.4, 0.5) is 0 Å². The van der Waals surface area contributed by atoms with Crippen LogP contribution in [-0.4, -0.2) is 10.8 Å². The van der Waals surface area contributed by atoms with E-state index in [1.54, 1.807) is 18.3 Å². The van der Waals surface area contributed by atoms with Gasteiger partial charge in [-0.05, 0) is 30.5 Å². The minimum Gasteiger partial charge on any atom is -0.507 e. The molecule has 1 aromatic heterocycles.